The van der Waals surface area contributed by atoms with Crippen LogP contribution in [0.25, 0.3) is 10.9 Å². The number of para-hydroxylation sites is 1. The molecule has 2 amide bonds. The second kappa shape index (κ2) is 6.54. The van der Waals surface area contributed by atoms with Gasteiger partial charge in [-0.3, -0.25) is 9.59 Å². The molecule has 0 saturated carbocycles. The SMILES string of the molecule is CN(CC(=O)Nc1ccc(F)cc1)C(=O)c1cc2ccccc2[nH]1. The number of likely N-dealkylation sites (N-methyl/N-ethyl adjacent to an activating group) is 1. The van der Waals surface area contributed by atoms with Gasteiger partial charge in [-0.05, 0) is 36.4 Å². The lowest BCUT2D eigenvalue weighted by molar-refractivity contribution is -0.116. The maximum Gasteiger partial charge on any atom is 0.270 e. The predicted molar refractivity (Wildman–Crippen MR) is 90.3 cm³/mol. The summed E-state index contributed by atoms with van der Waals surface area (Å²) in [5, 5.41) is 3.56. The Hall–Kier alpha value is -3.15. The van der Waals surface area contributed by atoms with Gasteiger partial charge in [-0.1, -0.05) is 18.2 Å². The zero-order chi connectivity index (χ0) is 17.1. The molecule has 6 heteroatoms. The Morgan fingerprint density at radius 2 is 1.83 bits per heavy atom. The molecule has 0 aliphatic carbocycles. The first-order chi connectivity index (χ1) is 11.5. The fourth-order valence-electron chi connectivity index (χ4n) is 2.42. The fraction of sp³-hybridized carbons (Fsp3) is 0.111. The Labute approximate surface area is 138 Å². The minimum atomic E-state index is -0.376. The number of carbonyl (C=O) groups is 2. The van der Waals surface area contributed by atoms with E-state index in [0.717, 1.165) is 10.9 Å². The average molecular weight is 325 g/mol. The second-order valence-corrected chi connectivity index (χ2v) is 5.49. The molecule has 1 aromatic heterocycles. The number of nitrogens with one attached hydrogen (secondary N) is 2. The van der Waals surface area contributed by atoms with Crippen molar-refractivity contribution >= 4 is 28.4 Å². The molecule has 2 N–H and O–H groups in total. The van der Waals surface area contributed by atoms with E-state index in [9.17, 15) is 14.0 Å². The molecule has 0 radical (unpaired) electrons. The molecule has 24 heavy (non-hydrogen) atoms. The Bertz CT molecular complexity index is 854. The van der Waals surface area contributed by atoms with Crippen LogP contribution < -0.4 is 5.32 Å². The summed E-state index contributed by atoms with van der Waals surface area (Å²) in [6.45, 7) is -0.106. The maximum absolute atomic E-state index is 12.8. The zero-order valence-corrected chi connectivity index (χ0v) is 13.0. The van der Waals surface area contributed by atoms with E-state index in [4.69, 9.17) is 0 Å². The molecular weight excluding hydrogens is 309 g/mol. The van der Waals surface area contributed by atoms with Crippen LogP contribution in [0.15, 0.2) is 54.6 Å². The number of H-pyrrole nitrogens is 1. The minimum Gasteiger partial charge on any atom is -0.351 e. The summed E-state index contributed by atoms with van der Waals surface area (Å²) in [4.78, 5) is 28.8. The highest BCUT2D eigenvalue weighted by atomic mass is 19.1. The van der Waals surface area contributed by atoms with Gasteiger partial charge in [0.25, 0.3) is 5.91 Å². The monoisotopic (exact) mass is 325 g/mol. The highest BCUT2D eigenvalue weighted by Gasteiger charge is 2.17. The summed E-state index contributed by atoms with van der Waals surface area (Å²) in [7, 11) is 1.55. The van der Waals surface area contributed by atoms with Gasteiger partial charge in [0.05, 0.1) is 6.54 Å². The molecule has 122 valence electrons. The third-order valence-electron chi connectivity index (χ3n) is 3.62. The molecule has 0 fully saturated rings. The van der Waals surface area contributed by atoms with Crippen LogP contribution in [-0.4, -0.2) is 35.3 Å². The van der Waals surface area contributed by atoms with Crippen molar-refractivity contribution in [2.75, 3.05) is 18.9 Å². The summed E-state index contributed by atoms with van der Waals surface area (Å²) in [6, 6.07) is 14.8. The molecule has 0 atom stereocenters. The van der Waals surface area contributed by atoms with Crippen LogP contribution in [0.1, 0.15) is 10.5 Å². The molecule has 0 aliphatic heterocycles. The first kappa shape index (κ1) is 15.7. The molecule has 3 rings (SSSR count). The molecule has 0 spiro atoms. The standard InChI is InChI=1S/C18H16FN3O2/c1-22(11-17(23)20-14-8-6-13(19)7-9-14)18(24)16-10-12-4-2-3-5-15(12)21-16/h2-10,21H,11H2,1H3,(H,20,23). The number of fused-ring (bicyclic) bond motifs is 1. The van der Waals surface area contributed by atoms with Gasteiger partial charge in [-0.2, -0.15) is 0 Å². The van der Waals surface area contributed by atoms with E-state index in [1.54, 1.807) is 13.1 Å². The number of rotatable bonds is 4. The molecule has 0 bridgehead atoms. The number of carbonyl (C=O) groups excluding carboxylic acids is 2. The molecule has 0 saturated heterocycles. The van der Waals surface area contributed by atoms with Crippen molar-refractivity contribution in [1.29, 1.82) is 0 Å². The van der Waals surface area contributed by atoms with Crippen molar-refractivity contribution in [3.63, 3.8) is 0 Å². The topological polar surface area (TPSA) is 65.2 Å². The molecule has 5 nitrogen and oxygen atoms in total. The Morgan fingerprint density at radius 3 is 2.54 bits per heavy atom. The van der Waals surface area contributed by atoms with Crippen LogP contribution in [-0.2, 0) is 4.79 Å². The zero-order valence-electron chi connectivity index (χ0n) is 13.0. The van der Waals surface area contributed by atoms with Gasteiger partial charge >= 0.3 is 0 Å². The van der Waals surface area contributed by atoms with Crippen molar-refractivity contribution < 1.29 is 14.0 Å². The lowest BCUT2D eigenvalue weighted by atomic mass is 10.2. The van der Waals surface area contributed by atoms with Gasteiger partial charge in [-0.15, -0.1) is 0 Å². The summed E-state index contributed by atoms with van der Waals surface area (Å²) < 4.78 is 12.8. The smallest absolute Gasteiger partial charge is 0.270 e. The summed E-state index contributed by atoms with van der Waals surface area (Å²) in [5.41, 5.74) is 1.77. The number of aromatic nitrogens is 1. The maximum atomic E-state index is 12.8. The number of amides is 2. The van der Waals surface area contributed by atoms with E-state index >= 15 is 0 Å². The number of hydrogen-bond donors (Lipinski definition) is 2. The van der Waals surface area contributed by atoms with Gasteiger partial charge in [0.15, 0.2) is 0 Å². The number of benzene rings is 2. The first-order valence-corrected chi connectivity index (χ1v) is 7.41. The van der Waals surface area contributed by atoms with Gasteiger partial charge < -0.3 is 15.2 Å². The van der Waals surface area contributed by atoms with Crippen molar-refractivity contribution in [3.05, 3.63) is 66.1 Å². The third-order valence-corrected chi connectivity index (χ3v) is 3.62. The van der Waals surface area contributed by atoms with E-state index in [-0.39, 0.29) is 24.2 Å². The highest BCUT2D eigenvalue weighted by Crippen LogP contribution is 2.15. The largest absolute Gasteiger partial charge is 0.351 e. The van der Waals surface area contributed by atoms with E-state index in [0.29, 0.717) is 11.4 Å². The molecule has 3 aromatic rings. The van der Waals surface area contributed by atoms with Gasteiger partial charge in [-0.25, -0.2) is 4.39 Å². The number of aromatic amines is 1. The van der Waals surface area contributed by atoms with Crippen LogP contribution in [0.5, 0.6) is 0 Å². The minimum absolute atomic E-state index is 0.106. The molecular formula is C18H16FN3O2. The van der Waals surface area contributed by atoms with Crippen LogP contribution >= 0.6 is 0 Å². The van der Waals surface area contributed by atoms with E-state index in [1.807, 2.05) is 24.3 Å². The van der Waals surface area contributed by atoms with Gasteiger partial charge in [0.1, 0.15) is 11.5 Å². The lowest BCUT2D eigenvalue weighted by Crippen LogP contribution is -2.35. The van der Waals surface area contributed by atoms with Crippen LogP contribution in [0.2, 0.25) is 0 Å². The van der Waals surface area contributed by atoms with Crippen molar-refractivity contribution in [2.24, 2.45) is 0 Å². The quantitative estimate of drug-likeness (QED) is 0.774. The molecule has 1 heterocycles. The number of nitrogens with zero attached hydrogens (tertiary/aromatic N) is 1. The average Bonchev–Trinajstić information content (AvgIpc) is 3.00. The number of hydrogen-bond acceptors (Lipinski definition) is 2. The van der Waals surface area contributed by atoms with Crippen LogP contribution in [0.4, 0.5) is 10.1 Å². The van der Waals surface area contributed by atoms with Crippen LogP contribution in [0, 0.1) is 5.82 Å². The molecule has 0 aliphatic rings. The summed E-state index contributed by atoms with van der Waals surface area (Å²) in [6.07, 6.45) is 0. The Morgan fingerprint density at radius 1 is 1.12 bits per heavy atom. The lowest BCUT2D eigenvalue weighted by Gasteiger charge is -2.16. The Kier molecular flexibility index (Phi) is 4.29. The molecule has 2 aromatic carbocycles. The molecule has 0 unspecified atom stereocenters. The fourth-order valence-corrected chi connectivity index (χ4v) is 2.42. The van der Waals surface area contributed by atoms with Gasteiger partial charge in [0, 0.05) is 23.6 Å². The van der Waals surface area contributed by atoms with E-state index < -0.39 is 0 Å². The third kappa shape index (κ3) is 3.43. The van der Waals surface area contributed by atoms with Crippen molar-refractivity contribution in [3.8, 4) is 0 Å². The van der Waals surface area contributed by atoms with Gasteiger partial charge in [0.2, 0.25) is 5.91 Å². The van der Waals surface area contributed by atoms with E-state index in [1.165, 1.54) is 29.2 Å². The Balaban J connectivity index is 1.64. The van der Waals surface area contributed by atoms with Crippen LogP contribution in [0.3, 0.4) is 0 Å². The number of halogens is 1. The second-order valence-electron chi connectivity index (χ2n) is 5.49. The summed E-state index contributed by atoms with van der Waals surface area (Å²) >= 11 is 0. The predicted octanol–water partition coefficient (Wildman–Crippen LogP) is 3.02. The highest BCUT2D eigenvalue weighted by molar-refractivity contribution is 6.01. The number of anilines is 1. The first-order valence-electron chi connectivity index (χ1n) is 7.41. The normalized spacial score (nSPS) is 10.6. The summed E-state index contributed by atoms with van der Waals surface area (Å²) in [5.74, 6) is -1.01. The van der Waals surface area contributed by atoms with Crippen molar-refractivity contribution in [2.45, 2.75) is 0 Å². The van der Waals surface area contributed by atoms with Crippen molar-refractivity contribution in [1.82, 2.24) is 9.88 Å². The van der Waals surface area contributed by atoms with E-state index in [2.05, 4.69) is 10.3 Å².